The first-order valence-corrected chi connectivity index (χ1v) is 12.0. The van der Waals surface area contributed by atoms with Gasteiger partial charge >= 0.3 is 32.7 Å². The molecule has 0 aliphatic carbocycles. The molecule has 0 bridgehead atoms. The first-order valence-electron chi connectivity index (χ1n) is 10.0. The molecule has 0 rings (SSSR count). The van der Waals surface area contributed by atoms with E-state index in [9.17, 15) is 29.4 Å². The van der Waals surface area contributed by atoms with Gasteiger partial charge in [0.2, 0.25) is 0 Å². The van der Waals surface area contributed by atoms with Crippen LogP contribution in [0.15, 0.2) is 0 Å². The molecule has 12 nitrogen and oxygen atoms in total. The maximum Gasteiger partial charge on any atom is 0.501 e. The van der Waals surface area contributed by atoms with E-state index in [0.717, 1.165) is 0 Å². The Morgan fingerprint density at radius 3 is 1.53 bits per heavy atom. The average molecular weight is 484 g/mol. The molecule has 13 heteroatoms. The fourth-order valence-electron chi connectivity index (χ4n) is 3.18. The maximum absolute atomic E-state index is 11.7. The number of hydrogen-bond acceptors (Lipinski definition) is 8. The van der Waals surface area contributed by atoms with Crippen LogP contribution in [0.3, 0.4) is 0 Å². The SMILES string of the molecule is CCC(CC)(C(=O)O)C(CN(C)CC[Si](OC)(OC)OC)C(=O)O.O=C(O)CCC(=O)O. The van der Waals surface area contributed by atoms with Gasteiger partial charge in [-0.15, -0.1) is 0 Å². The first kappa shape index (κ1) is 32.1. The zero-order valence-corrected chi connectivity index (χ0v) is 20.6. The summed E-state index contributed by atoms with van der Waals surface area (Å²) in [5.74, 6) is -5.32. The summed E-state index contributed by atoms with van der Waals surface area (Å²) in [6.45, 7) is 4.04. The highest BCUT2D eigenvalue weighted by Gasteiger charge is 2.47. The molecule has 0 radical (unpaired) electrons. The third-order valence-corrected chi connectivity index (χ3v) is 8.13. The van der Waals surface area contributed by atoms with Crippen LogP contribution in [0.25, 0.3) is 0 Å². The Balaban J connectivity index is 0. The number of aliphatic carboxylic acids is 4. The van der Waals surface area contributed by atoms with Crippen molar-refractivity contribution < 1.29 is 52.9 Å². The van der Waals surface area contributed by atoms with Gasteiger partial charge in [-0.1, -0.05) is 13.8 Å². The van der Waals surface area contributed by atoms with Crippen LogP contribution in [0.4, 0.5) is 0 Å². The Kier molecular flexibility index (Phi) is 15.8. The van der Waals surface area contributed by atoms with Crippen LogP contribution in [0.1, 0.15) is 39.5 Å². The van der Waals surface area contributed by atoms with E-state index in [0.29, 0.717) is 12.6 Å². The molecule has 0 spiro atoms. The van der Waals surface area contributed by atoms with Crippen LogP contribution >= 0.6 is 0 Å². The molecule has 0 saturated carbocycles. The summed E-state index contributed by atoms with van der Waals surface area (Å²) < 4.78 is 16.0. The van der Waals surface area contributed by atoms with E-state index in [-0.39, 0.29) is 32.2 Å². The van der Waals surface area contributed by atoms with Crippen molar-refractivity contribution in [2.45, 2.75) is 45.6 Å². The van der Waals surface area contributed by atoms with Gasteiger partial charge in [0.15, 0.2) is 0 Å². The number of carboxylic acid groups (broad SMARTS) is 4. The first-order chi connectivity index (χ1) is 14.8. The highest BCUT2D eigenvalue weighted by atomic mass is 28.4. The summed E-state index contributed by atoms with van der Waals surface area (Å²) in [6.07, 6.45) is -0.0717. The lowest BCUT2D eigenvalue weighted by Crippen LogP contribution is -2.49. The summed E-state index contributed by atoms with van der Waals surface area (Å²) in [5, 5.41) is 35.0. The molecule has 4 N–H and O–H groups in total. The van der Waals surface area contributed by atoms with Crippen LogP contribution in [0.5, 0.6) is 0 Å². The van der Waals surface area contributed by atoms with Gasteiger partial charge in [0.25, 0.3) is 0 Å². The fraction of sp³-hybridized carbons (Fsp3) is 0.789. The van der Waals surface area contributed by atoms with E-state index >= 15 is 0 Å². The fourth-order valence-corrected chi connectivity index (χ4v) is 4.95. The van der Waals surface area contributed by atoms with Crippen LogP contribution in [0.2, 0.25) is 6.04 Å². The minimum atomic E-state index is -2.75. The molecule has 0 fully saturated rings. The molecule has 0 amide bonds. The third kappa shape index (κ3) is 10.5. The van der Waals surface area contributed by atoms with Crippen LogP contribution in [0, 0.1) is 11.3 Å². The molecule has 0 aromatic rings. The molecule has 0 aromatic carbocycles. The zero-order valence-electron chi connectivity index (χ0n) is 19.6. The molecule has 32 heavy (non-hydrogen) atoms. The van der Waals surface area contributed by atoms with Crippen molar-refractivity contribution >= 4 is 32.7 Å². The minimum absolute atomic E-state index is 0.130. The van der Waals surface area contributed by atoms with Crippen molar-refractivity contribution in [3.63, 3.8) is 0 Å². The lowest BCUT2D eigenvalue weighted by molar-refractivity contribution is -0.164. The Morgan fingerprint density at radius 2 is 1.28 bits per heavy atom. The molecule has 0 aliphatic heterocycles. The number of nitrogens with zero attached hydrogens (tertiary/aromatic N) is 1. The largest absolute Gasteiger partial charge is 0.501 e. The Morgan fingerprint density at radius 1 is 0.875 bits per heavy atom. The quantitative estimate of drug-likeness (QED) is 0.232. The van der Waals surface area contributed by atoms with Gasteiger partial charge in [-0.3, -0.25) is 19.2 Å². The molecule has 0 aromatic heterocycles. The van der Waals surface area contributed by atoms with Crippen LogP contribution in [-0.2, 0) is 32.5 Å². The highest BCUT2D eigenvalue weighted by Crippen LogP contribution is 2.36. The van der Waals surface area contributed by atoms with Crippen molar-refractivity contribution in [1.82, 2.24) is 4.90 Å². The average Bonchev–Trinajstić information content (AvgIpc) is 2.74. The molecular formula is C19H37NO11Si. The summed E-state index contributed by atoms with van der Waals surface area (Å²) in [5.41, 5.74) is -1.28. The number of rotatable bonds is 16. The predicted octanol–water partition coefficient (Wildman–Crippen LogP) is 1.32. The van der Waals surface area contributed by atoms with E-state index < -0.39 is 44.0 Å². The minimum Gasteiger partial charge on any atom is -0.481 e. The smallest absolute Gasteiger partial charge is 0.481 e. The second-order valence-corrected chi connectivity index (χ2v) is 10.2. The van der Waals surface area contributed by atoms with Gasteiger partial charge in [0, 0.05) is 40.5 Å². The molecular weight excluding hydrogens is 446 g/mol. The van der Waals surface area contributed by atoms with E-state index in [4.69, 9.17) is 23.5 Å². The molecule has 0 heterocycles. The second-order valence-electron chi connectivity index (χ2n) is 7.15. The predicted molar refractivity (Wildman–Crippen MR) is 115 cm³/mol. The van der Waals surface area contributed by atoms with Gasteiger partial charge < -0.3 is 38.6 Å². The number of carboxylic acids is 4. The van der Waals surface area contributed by atoms with E-state index in [1.54, 1.807) is 25.8 Å². The standard InChI is InChI=1S/C15H31NO7Si.C4H6O4/c1-7-15(8-2,14(19)20)12(13(17)18)11-16(3)9-10-24(21-4,22-5)23-6;5-3(6)1-2-4(7)8/h12H,7-11H2,1-6H3,(H,17,18)(H,19,20);1-2H2,(H,5,6)(H,7,8). The van der Waals surface area contributed by atoms with Crippen molar-refractivity contribution in [3.8, 4) is 0 Å². The zero-order chi connectivity index (χ0) is 25.5. The van der Waals surface area contributed by atoms with Crippen molar-refractivity contribution in [2.75, 3.05) is 41.5 Å². The van der Waals surface area contributed by atoms with E-state index in [1.165, 1.54) is 21.3 Å². The van der Waals surface area contributed by atoms with Crippen LogP contribution in [-0.4, -0.2) is 99.5 Å². The van der Waals surface area contributed by atoms with Crippen LogP contribution < -0.4 is 0 Å². The Bertz CT molecular complexity index is 584. The normalized spacial score (nSPS) is 12.6. The summed E-state index contributed by atoms with van der Waals surface area (Å²) in [7, 11) is 3.56. The molecule has 1 unspecified atom stereocenters. The molecule has 188 valence electrons. The van der Waals surface area contributed by atoms with Gasteiger partial charge in [0.05, 0.1) is 24.2 Å². The lowest BCUT2D eigenvalue weighted by atomic mass is 9.71. The molecule has 0 aliphatic rings. The van der Waals surface area contributed by atoms with Gasteiger partial charge in [-0.25, -0.2) is 0 Å². The highest BCUT2D eigenvalue weighted by molar-refractivity contribution is 6.60. The van der Waals surface area contributed by atoms with Crippen molar-refractivity contribution in [2.24, 2.45) is 11.3 Å². The number of hydrogen-bond donors (Lipinski definition) is 4. The Hall–Kier alpha value is -2.06. The van der Waals surface area contributed by atoms with Gasteiger partial charge in [-0.05, 0) is 19.9 Å². The molecule has 0 saturated heterocycles. The third-order valence-electron chi connectivity index (χ3n) is 5.43. The van der Waals surface area contributed by atoms with Gasteiger partial charge in [-0.2, -0.15) is 0 Å². The topological polar surface area (TPSA) is 180 Å². The van der Waals surface area contributed by atoms with E-state index in [2.05, 4.69) is 0 Å². The summed E-state index contributed by atoms with van der Waals surface area (Å²) in [6, 6.07) is 0.484. The summed E-state index contributed by atoms with van der Waals surface area (Å²) in [4.78, 5) is 44.5. The number of carbonyl (C=O) groups is 4. The molecule has 1 atom stereocenters. The van der Waals surface area contributed by atoms with E-state index in [1.807, 2.05) is 0 Å². The summed E-state index contributed by atoms with van der Waals surface area (Å²) >= 11 is 0. The van der Waals surface area contributed by atoms with Gasteiger partial charge in [0.1, 0.15) is 0 Å². The second kappa shape index (κ2) is 15.7. The lowest BCUT2D eigenvalue weighted by Gasteiger charge is -2.35. The van der Waals surface area contributed by atoms with Crippen molar-refractivity contribution in [1.29, 1.82) is 0 Å². The maximum atomic E-state index is 11.7. The Labute approximate surface area is 189 Å². The van der Waals surface area contributed by atoms with Crippen molar-refractivity contribution in [3.05, 3.63) is 0 Å². The monoisotopic (exact) mass is 483 g/mol.